The highest BCUT2D eigenvalue weighted by Gasteiger charge is 2.21. The van der Waals surface area contributed by atoms with Crippen LogP contribution in [0.2, 0.25) is 0 Å². The Morgan fingerprint density at radius 3 is 2.33 bits per heavy atom. The Balaban J connectivity index is 4.23. The van der Waals surface area contributed by atoms with Crippen LogP contribution in [0.5, 0.6) is 0 Å². The second-order valence-corrected chi connectivity index (χ2v) is 4.70. The zero-order valence-electron chi connectivity index (χ0n) is 11.7. The van der Waals surface area contributed by atoms with E-state index >= 15 is 0 Å². The molecule has 0 aromatic heterocycles. The number of ether oxygens (including phenoxy) is 1. The zero-order valence-corrected chi connectivity index (χ0v) is 12.6. The fraction of sp³-hybridized carbons (Fsp3) is 0.667. The molecular formula is C12H20N2O6S. The summed E-state index contributed by atoms with van der Waals surface area (Å²) in [5, 5.41) is 10.9. The minimum atomic E-state index is -1.09. The largest absolute Gasteiger partial charge is 0.481 e. The Morgan fingerprint density at radius 1 is 1.24 bits per heavy atom. The number of nitrogens with one attached hydrogen (secondary N) is 1. The van der Waals surface area contributed by atoms with Crippen LogP contribution in [-0.4, -0.2) is 53.7 Å². The summed E-state index contributed by atoms with van der Waals surface area (Å²) in [5.74, 6) is -2.51. The molecule has 0 rings (SSSR count). The number of carboxylic acids is 1. The number of ketones is 1. The first-order valence-electron chi connectivity index (χ1n) is 6.30. The Kier molecular flexibility index (Phi) is 9.39. The number of hydrogen-bond acceptors (Lipinski definition) is 7. The van der Waals surface area contributed by atoms with E-state index in [0.717, 1.165) is 0 Å². The van der Waals surface area contributed by atoms with E-state index in [1.807, 2.05) is 0 Å². The molecule has 1 amide bonds. The number of methoxy groups -OCH3 is 1. The number of nitrogens with two attached hydrogens (primary N) is 1. The zero-order chi connectivity index (χ0) is 16.4. The SMILES string of the molecule is COC(=O)C(N)CCC(=O)NC(CS)C(=O)CCC(=O)O. The van der Waals surface area contributed by atoms with Gasteiger partial charge in [0.15, 0.2) is 5.78 Å². The van der Waals surface area contributed by atoms with E-state index in [0.29, 0.717) is 0 Å². The molecule has 0 fully saturated rings. The molecule has 0 bridgehead atoms. The first-order valence-corrected chi connectivity index (χ1v) is 6.93. The Morgan fingerprint density at radius 2 is 1.86 bits per heavy atom. The van der Waals surface area contributed by atoms with Gasteiger partial charge >= 0.3 is 11.9 Å². The quantitative estimate of drug-likeness (QED) is 0.303. The van der Waals surface area contributed by atoms with Crippen molar-refractivity contribution in [1.29, 1.82) is 0 Å². The van der Waals surface area contributed by atoms with Crippen LogP contribution in [-0.2, 0) is 23.9 Å². The van der Waals surface area contributed by atoms with Gasteiger partial charge in [-0.05, 0) is 6.42 Å². The molecule has 8 nitrogen and oxygen atoms in total. The molecule has 9 heteroatoms. The van der Waals surface area contributed by atoms with Crippen molar-refractivity contribution in [2.75, 3.05) is 12.9 Å². The van der Waals surface area contributed by atoms with Crippen molar-refractivity contribution in [2.45, 2.75) is 37.8 Å². The lowest BCUT2D eigenvalue weighted by molar-refractivity contribution is -0.142. The predicted octanol–water partition coefficient (Wildman–Crippen LogP) is -0.885. The number of esters is 1. The molecule has 0 aromatic rings. The number of thiol groups is 1. The lowest BCUT2D eigenvalue weighted by Gasteiger charge is -2.15. The van der Waals surface area contributed by atoms with Crippen LogP contribution >= 0.6 is 12.6 Å². The fourth-order valence-electron chi connectivity index (χ4n) is 1.45. The van der Waals surface area contributed by atoms with Crippen LogP contribution in [0.4, 0.5) is 0 Å². The Hall–Kier alpha value is -1.61. The predicted molar refractivity (Wildman–Crippen MR) is 76.9 cm³/mol. The molecular weight excluding hydrogens is 300 g/mol. The number of rotatable bonds is 10. The normalized spacial score (nSPS) is 13.1. The van der Waals surface area contributed by atoms with E-state index in [4.69, 9.17) is 10.8 Å². The lowest BCUT2D eigenvalue weighted by atomic mass is 10.1. The number of carbonyl (C=O) groups excluding carboxylic acids is 3. The summed E-state index contributed by atoms with van der Waals surface area (Å²) < 4.78 is 4.42. The van der Waals surface area contributed by atoms with Crippen LogP contribution in [0.25, 0.3) is 0 Å². The average molecular weight is 320 g/mol. The monoisotopic (exact) mass is 320 g/mol. The van der Waals surface area contributed by atoms with Crippen molar-refractivity contribution in [3.63, 3.8) is 0 Å². The summed E-state index contributed by atoms with van der Waals surface area (Å²) in [6, 6.07) is -1.76. The maximum absolute atomic E-state index is 11.7. The molecule has 120 valence electrons. The molecule has 0 radical (unpaired) electrons. The summed E-state index contributed by atoms with van der Waals surface area (Å²) in [6.45, 7) is 0. The second kappa shape index (κ2) is 10.2. The third-order valence-electron chi connectivity index (χ3n) is 2.68. The number of carboxylic acid groups (broad SMARTS) is 1. The molecule has 2 atom stereocenters. The molecule has 0 spiro atoms. The maximum atomic E-state index is 11.7. The highest BCUT2D eigenvalue weighted by Crippen LogP contribution is 2.02. The van der Waals surface area contributed by atoms with Crippen LogP contribution in [0.3, 0.4) is 0 Å². The van der Waals surface area contributed by atoms with Gasteiger partial charge in [0.1, 0.15) is 6.04 Å². The highest BCUT2D eigenvalue weighted by atomic mass is 32.1. The number of Topliss-reactive ketones (excluding diaryl/α,β-unsaturated/α-hetero) is 1. The van der Waals surface area contributed by atoms with Gasteiger partial charge in [0.2, 0.25) is 5.91 Å². The van der Waals surface area contributed by atoms with Gasteiger partial charge in [-0.25, -0.2) is 0 Å². The number of hydrogen-bond donors (Lipinski definition) is 4. The van der Waals surface area contributed by atoms with Crippen LogP contribution in [0.1, 0.15) is 25.7 Å². The van der Waals surface area contributed by atoms with Crippen molar-refractivity contribution >= 4 is 36.3 Å². The molecule has 0 aliphatic rings. The van der Waals surface area contributed by atoms with Gasteiger partial charge in [-0.2, -0.15) is 12.6 Å². The molecule has 0 saturated carbocycles. The van der Waals surface area contributed by atoms with E-state index < -0.39 is 35.7 Å². The van der Waals surface area contributed by atoms with Gasteiger partial charge in [-0.1, -0.05) is 0 Å². The van der Waals surface area contributed by atoms with E-state index in [1.165, 1.54) is 7.11 Å². The van der Waals surface area contributed by atoms with E-state index in [2.05, 4.69) is 22.7 Å². The van der Waals surface area contributed by atoms with Crippen molar-refractivity contribution in [3.05, 3.63) is 0 Å². The Labute approximate surface area is 127 Å². The first-order chi connectivity index (χ1) is 9.81. The van der Waals surface area contributed by atoms with Crippen molar-refractivity contribution in [1.82, 2.24) is 5.32 Å². The fourth-order valence-corrected chi connectivity index (χ4v) is 1.75. The Bertz CT molecular complexity index is 401. The van der Waals surface area contributed by atoms with Crippen molar-refractivity contribution < 1.29 is 29.0 Å². The first kappa shape index (κ1) is 19.4. The van der Waals surface area contributed by atoms with Crippen molar-refractivity contribution in [2.24, 2.45) is 5.73 Å². The van der Waals surface area contributed by atoms with Gasteiger partial charge in [0.25, 0.3) is 0 Å². The molecule has 0 aromatic carbocycles. The smallest absolute Gasteiger partial charge is 0.322 e. The van der Waals surface area contributed by atoms with Gasteiger partial charge in [0.05, 0.1) is 19.6 Å². The minimum absolute atomic E-state index is 0.0489. The van der Waals surface area contributed by atoms with Gasteiger partial charge in [-0.15, -0.1) is 0 Å². The molecule has 21 heavy (non-hydrogen) atoms. The topological polar surface area (TPSA) is 136 Å². The van der Waals surface area contributed by atoms with Gasteiger partial charge in [0, 0.05) is 18.6 Å². The van der Waals surface area contributed by atoms with Crippen LogP contribution < -0.4 is 11.1 Å². The van der Waals surface area contributed by atoms with Gasteiger partial charge in [-0.3, -0.25) is 19.2 Å². The number of amides is 1. The summed E-state index contributed by atoms with van der Waals surface area (Å²) >= 11 is 3.95. The summed E-state index contributed by atoms with van der Waals surface area (Å²) in [7, 11) is 1.19. The third-order valence-corrected chi connectivity index (χ3v) is 3.04. The summed E-state index contributed by atoms with van der Waals surface area (Å²) in [6.07, 6.45) is -0.442. The molecule has 0 aliphatic carbocycles. The maximum Gasteiger partial charge on any atom is 0.322 e. The molecule has 0 heterocycles. The summed E-state index contributed by atoms with van der Waals surface area (Å²) in [4.78, 5) is 44.8. The molecule has 0 aliphatic heterocycles. The lowest BCUT2D eigenvalue weighted by Crippen LogP contribution is -2.43. The van der Waals surface area contributed by atoms with Gasteiger partial charge < -0.3 is 20.9 Å². The minimum Gasteiger partial charge on any atom is -0.481 e. The second-order valence-electron chi connectivity index (χ2n) is 4.33. The molecule has 0 saturated heterocycles. The summed E-state index contributed by atoms with van der Waals surface area (Å²) in [5.41, 5.74) is 5.48. The third kappa shape index (κ3) is 8.30. The molecule has 4 N–H and O–H groups in total. The van der Waals surface area contributed by atoms with Crippen molar-refractivity contribution in [3.8, 4) is 0 Å². The van der Waals surface area contributed by atoms with Crippen LogP contribution in [0.15, 0.2) is 0 Å². The molecule has 2 unspecified atom stereocenters. The van der Waals surface area contributed by atoms with Crippen LogP contribution in [0, 0.1) is 0 Å². The number of carbonyl (C=O) groups is 4. The average Bonchev–Trinajstić information content (AvgIpc) is 2.46. The highest BCUT2D eigenvalue weighted by molar-refractivity contribution is 7.80. The number of aliphatic carboxylic acids is 1. The van der Waals surface area contributed by atoms with E-state index in [-0.39, 0.29) is 31.4 Å². The van der Waals surface area contributed by atoms with E-state index in [9.17, 15) is 19.2 Å². The standard InChI is InChI=1S/C12H20N2O6S/c1-20-12(19)7(13)2-4-10(16)14-8(6-21)9(15)3-5-11(17)18/h7-8,21H,2-6,13H2,1H3,(H,14,16)(H,17,18). The van der Waals surface area contributed by atoms with E-state index in [1.54, 1.807) is 0 Å².